The molecule has 0 atom stereocenters. The van der Waals surface area contributed by atoms with Crippen LogP contribution in [0.1, 0.15) is 24.3 Å². The molecule has 1 amide bonds. The predicted octanol–water partition coefficient (Wildman–Crippen LogP) is 1.25. The molecule has 0 fully saturated rings. The van der Waals surface area contributed by atoms with Gasteiger partial charge < -0.3 is 10.2 Å². The van der Waals surface area contributed by atoms with Crippen LogP contribution in [0.25, 0.3) is 0 Å². The summed E-state index contributed by atoms with van der Waals surface area (Å²) in [6, 6.07) is 0. The van der Waals surface area contributed by atoms with Crippen molar-refractivity contribution in [1.82, 2.24) is 14.9 Å². The lowest BCUT2D eigenvalue weighted by Gasteiger charge is -2.18. The topological polar surface area (TPSA) is 58.1 Å². The highest BCUT2D eigenvalue weighted by Crippen LogP contribution is 2.05. The Morgan fingerprint density at radius 2 is 2.19 bits per heavy atom. The lowest BCUT2D eigenvalue weighted by atomic mass is 10.2. The third kappa shape index (κ3) is 3.18. The molecule has 0 radical (unpaired) electrons. The SMILES string of the molecule is CNc1cncc(C(=O)N(C)CC(C)C)n1. The molecule has 5 heteroatoms. The van der Waals surface area contributed by atoms with Gasteiger partial charge in [0.2, 0.25) is 0 Å². The maximum absolute atomic E-state index is 11.9. The standard InChI is InChI=1S/C11H18N4O/c1-8(2)7-15(4)11(16)9-5-13-6-10(12-3)14-9/h5-6,8H,7H2,1-4H3,(H,12,14). The van der Waals surface area contributed by atoms with E-state index in [0.29, 0.717) is 24.0 Å². The Kier molecular flexibility index (Phi) is 4.22. The fourth-order valence-corrected chi connectivity index (χ4v) is 1.42. The molecule has 0 spiro atoms. The third-order valence-electron chi connectivity index (χ3n) is 2.10. The summed E-state index contributed by atoms with van der Waals surface area (Å²) in [7, 11) is 3.52. The minimum atomic E-state index is -0.0988. The van der Waals surface area contributed by atoms with Crippen LogP contribution in [0.15, 0.2) is 12.4 Å². The number of rotatable bonds is 4. The first kappa shape index (κ1) is 12.4. The number of nitrogens with zero attached hydrogens (tertiary/aromatic N) is 3. The minimum absolute atomic E-state index is 0.0988. The smallest absolute Gasteiger partial charge is 0.273 e. The molecule has 88 valence electrons. The molecular formula is C11H18N4O. The quantitative estimate of drug-likeness (QED) is 0.833. The summed E-state index contributed by atoms with van der Waals surface area (Å²) in [5.74, 6) is 0.941. The molecule has 0 aromatic carbocycles. The Hall–Kier alpha value is -1.65. The molecule has 0 aliphatic rings. The molecule has 16 heavy (non-hydrogen) atoms. The third-order valence-corrected chi connectivity index (χ3v) is 2.10. The second-order valence-electron chi connectivity index (χ2n) is 4.12. The van der Waals surface area contributed by atoms with Crippen molar-refractivity contribution in [1.29, 1.82) is 0 Å². The molecule has 1 N–H and O–H groups in total. The monoisotopic (exact) mass is 222 g/mol. The van der Waals surface area contributed by atoms with Gasteiger partial charge >= 0.3 is 0 Å². The highest BCUT2D eigenvalue weighted by molar-refractivity contribution is 5.92. The van der Waals surface area contributed by atoms with Crippen LogP contribution in [-0.2, 0) is 0 Å². The highest BCUT2D eigenvalue weighted by atomic mass is 16.2. The van der Waals surface area contributed by atoms with Crippen molar-refractivity contribution in [2.45, 2.75) is 13.8 Å². The van der Waals surface area contributed by atoms with Crippen molar-refractivity contribution in [3.8, 4) is 0 Å². The van der Waals surface area contributed by atoms with E-state index >= 15 is 0 Å². The molecule has 1 rings (SSSR count). The maximum Gasteiger partial charge on any atom is 0.273 e. The molecule has 1 aromatic heterocycles. The van der Waals surface area contributed by atoms with Crippen LogP contribution >= 0.6 is 0 Å². The average Bonchev–Trinajstić information content (AvgIpc) is 2.27. The first-order valence-electron chi connectivity index (χ1n) is 5.30. The summed E-state index contributed by atoms with van der Waals surface area (Å²) in [5.41, 5.74) is 0.370. The summed E-state index contributed by atoms with van der Waals surface area (Å²) >= 11 is 0. The van der Waals surface area contributed by atoms with Crippen molar-refractivity contribution >= 4 is 11.7 Å². The largest absolute Gasteiger partial charge is 0.372 e. The van der Waals surface area contributed by atoms with Gasteiger partial charge in [-0.1, -0.05) is 13.8 Å². The predicted molar refractivity (Wildman–Crippen MR) is 63.4 cm³/mol. The summed E-state index contributed by atoms with van der Waals surface area (Å²) in [5, 5.41) is 2.86. The average molecular weight is 222 g/mol. The Bertz CT molecular complexity index is 365. The zero-order chi connectivity index (χ0) is 12.1. The van der Waals surface area contributed by atoms with E-state index in [1.54, 1.807) is 25.2 Å². The van der Waals surface area contributed by atoms with Gasteiger partial charge in [-0.15, -0.1) is 0 Å². The van der Waals surface area contributed by atoms with Crippen LogP contribution < -0.4 is 5.32 Å². The van der Waals surface area contributed by atoms with Crippen molar-refractivity contribution in [2.75, 3.05) is 26.0 Å². The fourth-order valence-electron chi connectivity index (χ4n) is 1.42. The van der Waals surface area contributed by atoms with Gasteiger partial charge in [0.15, 0.2) is 0 Å². The molecule has 5 nitrogen and oxygen atoms in total. The Labute approximate surface area is 95.9 Å². The number of aromatic nitrogens is 2. The van der Waals surface area contributed by atoms with Gasteiger partial charge in [-0.25, -0.2) is 4.98 Å². The summed E-state index contributed by atoms with van der Waals surface area (Å²) < 4.78 is 0. The summed E-state index contributed by atoms with van der Waals surface area (Å²) in [6.07, 6.45) is 3.07. The van der Waals surface area contributed by atoms with E-state index in [0.717, 1.165) is 0 Å². The number of anilines is 1. The number of carbonyl (C=O) groups excluding carboxylic acids is 1. The number of carbonyl (C=O) groups is 1. The lowest BCUT2D eigenvalue weighted by Crippen LogP contribution is -2.31. The molecule has 0 unspecified atom stereocenters. The van der Waals surface area contributed by atoms with Crippen LogP contribution in [0, 0.1) is 5.92 Å². The molecule has 1 aromatic rings. The van der Waals surface area contributed by atoms with E-state index in [4.69, 9.17) is 0 Å². The van der Waals surface area contributed by atoms with Crippen LogP contribution in [0.4, 0.5) is 5.82 Å². The molecule has 0 aliphatic carbocycles. The van der Waals surface area contributed by atoms with Crippen molar-refractivity contribution in [3.63, 3.8) is 0 Å². The van der Waals surface area contributed by atoms with Crippen LogP contribution in [0.3, 0.4) is 0 Å². The lowest BCUT2D eigenvalue weighted by molar-refractivity contribution is 0.0773. The number of amides is 1. The normalized spacial score (nSPS) is 10.3. The summed E-state index contributed by atoms with van der Waals surface area (Å²) in [6.45, 7) is 4.85. The van der Waals surface area contributed by atoms with Gasteiger partial charge in [-0.05, 0) is 5.92 Å². The van der Waals surface area contributed by atoms with Gasteiger partial charge in [-0.3, -0.25) is 9.78 Å². The van der Waals surface area contributed by atoms with E-state index in [2.05, 4.69) is 29.1 Å². The Morgan fingerprint density at radius 3 is 2.75 bits per heavy atom. The molecular weight excluding hydrogens is 204 g/mol. The van der Waals surface area contributed by atoms with Crippen LogP contribution in [0.5, 0.6) is 0 Å². The van der Waals surface area contributed by atoms with E-state index in [1.165, 1.54) is 6.20 Å². The molecule has 1 heterocycles. The van der Waals surface area contributed by atoms with Gasteiger partial charge in [0.1, 0.15) is 11.5 Å². The van der Waals surface area contributed by atoms with Gasteiger partial charge in [0.05, 0.1) is 12.4 Å². The highest BCUT2D eigenvalue weighted by Gasteiger charge is 2.14. The van der Waals surface area contributed by atoms with Crippen molar-refractivity contribution in [2.24, 2.45) is 5.92 Å². The van der Waals surface area contributed by atoms with Crippen molar-refractivity contribution < 1.29 is 4.79 Å². The first-order chi connectivity index (χ1) is 7.54. The van der Waals surface area contributed by atoms with Gasteiger partial charge in [0, 0.05) is 20.6 Å². The van der Waals surface area contributed by atoms with E-state index in [9.17, 15) is 4.79 Å². The first-order valence-corrected chi connectivity index (χ1v) is 5.30. The fraction of sp³-hybridized carbons (Fsp3) is 0.545. The van der Waals surface area contributed by atoms with E-state index in [1.807, 2.05) is 0 Å². The molecule has 0 aliphatic heterocycles. The maximum atomic E-state index is 11.9. The number of hydrogen-bond donors (Lipinski definition) is 1. The number of nitrogens with one attached hydrogen (secondary N) is 1. The van der Waals surface area contributed by atoms with E-state index in [-0.39, 0.29) is 5.91 Å². The zero-order valence-corrected chi connectivity index (χ0v) is 10.2. The molecule has 0 saturated carbocycles. The second-order valence-corrected chi connectivity index (χ2v) is 4.12. The summed E-state index contributed by atoms with van der Waals surface area (Å²) in [4.78, 5) is 21.7. The molecule has 0 bridgehead atoms. The Morgan fingerprint density at radius 1 is 1.50 bits per heavy atom. The number of hydrogen-bond acceptors (Lipinski definition) is 4. The van der Waals surface area contributed by atoms with Crippen molar-refractivity contribution in [3.05, 3.63) is 18.1 Å². The van der Waals surface area contributed by atoms with Gasteiger partial charge in [0.25, 0.3) is 5.91 Å². The second kappa shape index (κ2) is 5.44. The van der Waals surface area contributed by atoms with Crippen LogP contribution in [-0.4, -0.2) is 41.4 Å². The zero-order valence-electron chi connectivity index (χ0n) is 10.2. The minimum Gasteiger partial charge on any atom is -0.372 e. The van der Waals surface area contributed by atoms with E-state index < -0.39 is 0 Å². The van der Waals surface area contributed by atoms with Crippen LogP contribution in [0.2, 0.25) is 0 Å². The van der Waals surface area contributed by atoms with Gasteiger partial charge in [-0.2, -0.15) is 0 Å². The Balaban J connectivity index is 2.79. The molecule has 0 saturated heterocycles.